The molecule has 1 N–H and O–H groups in total. The van der Waals surface area contributed by atoms with Gasteiger partial charge in [0.1, 0.15) is 15.7 Å². The van der Waals surface area contributed by atoms with Crippen molar-refractivity contribution < 1.29 is 0 Å². The van der Waals surface area contributed by atoms with Gasteiger partial charge in [-0.15, -0.1) is 22.7 Å². The average Bonchev–Trinajstić information content (AvgIpc) is 3.28. The Kier molecular flexibility index (Phi) is 3.68. The molecular weight excluding hydrogens is 346 g/mol. The zero-order valence-electron chi connectivity index (χ0n) is 12.1. The van der Waals surface area contributed by atoms with Crippen molar-refractivity contribution >= 4 is 55.9 Å². The monoisotopic (exact) mass is 357 g/mol. The van der Waals surface area contributed by atoms with Gasteiger partial charge in [0.15, 0.2) is 0 Å². The molecule has 0 spiro atoms. The third-order valence-corrected chi connectivity index (χ3v) is 5.76. The normalized spacial score (nSPS) is 12.1. The van der Waals surface area contributed by atoms with Gasteiger partial charge in [0.05, 0.1) is 11.1 Å². The van der Waals surface area contributed by atoms with Crippen LogP contribution >= 0.6 is 34.0 Å². The molecule has 0 fully saturated rings. The summed E-state index contributed by atoms with van der Waals surface area (Å²) < 4.78 is 0. The highest BCUT2D eigenvalue weighted by Crippen LogP contribution is 2.27. The molecule has 4 rings (SSSR count). The lowest BCUT2D eigenvalue weighted by Crippen LogP contribution is -2.09. The standard InChI is InChI=1S/C16H11N3OS3/c1-9(13-18-14(20)12-3-5-22-16(12)19-13)6-11-8-23-15(17-11)10-2-4-21-7-10/h2-8H,1H3,(H,18,19,20)/b9-6+. The summed E-state index contributed by atoms with van der Waals surface area (Å²) in [6.45, 7) is 1.93. The van der Waals surface area contributed by atoms with Crippen LogP contribution in [0.15, 0.2) is 38.4 Å². The minimum Gasteiger partial charge on any atom is -0.306 e. The molecule has 0 saturated carbocycles. The number of allylic oxidation sites excluding steroid dienone is 1. The number of aromatic nitrogens is 3. The van der Waals surface area contributed by atoms with Crippen molar-refractivity contribution in [2.24, 2.45) is 0 Å². The van der Waals surface area contributed by atoms with Gasteiger partial charge in [-0.2, -0.15) is 11.3 Å². The van der Waals surface area contributed by atoms with Gasteiger partial charge in [-0.05, 0) is 41.5 Å². The zero-order chi connectivity index (χ0) is 15.8. The summed E-state index contributed by atoms with van der Waals surface area (Å²) in [7, 11) is 0. The maximum absolute atomic E-state index is 12.0. The number of thiophene rings is 2. The van der Waals surface area contributed by atoms with E-state index in [1.807, 2.05) is 29.1 Å². The minimum atomic E-state index is -0.101. The Balaban J connectivity index is 1.71. The van der Waals surface area contributed by atoms with Crippen molar-refractivity contribution in [2.45, 2.75) is 6.92 Å². The smallest absolute Gasteiger partial charge is 0.259 e. The van der Waals surface area contributed by atoms with Crippen LogP contribution in [0.5, 0.6) is 0 Å². The van der Waals surface area contributed by atoms with E-state index < -0.39 is 0 Å². The third kappa shape index (κ3) is 2.78. The van der Waals surface area contributed by atoms with E-state index in [-0.39, 0.29) is 5.56 Å². The summed E-state index contributed by atoms with van der Waals surface area (Å²) in [5, 5.41) is 9.66. The van der Waals surface area contributed by atoms with Gasteiger partial charge in [0, 0.05) is 16.3 Å². The van der Waals surface area contributed by atoms with Gasteiger partial charge < -0.3 is 4.98 Å². The fourth-order valence-corrected chi connectivity index (χ4v) is 4.47. The first-order chi connectivity index (χ1) is 11.2. The largest absolute Gasteiger partial charge is 0.306 e. The van der Waals surface area contributed by atoms with Crippen LogP contribution in [-0.4, -0.2) is 15.0 Å². The van der Waals surface area contributed by atoms with Crippen LogP contribution < -0.4 is 5.56 Å². The Morgan fingerprint density at radius 2 is 2.09 bits per heavy atom. The molecule has 0 radical (unpaired) electrons. The second-order valence-electron chi connectivity index (χ2n) is 4.97. The number of H-pyrrole nitrogens is 1. The van der Waals surface area contributed by atoms with Gasteiger partial charge in [-0.1, -0.05) is 0 Å². The average molecular weight is 357 g/mol. The maximum atomic E-state index is 12.0. The predicted molar refractivity (Wildman–Crippen MR) is 99.2 cm³/mol. The van der Waals surface area contributed by atoms with E-state index in [2.05, 4.69) is 26.4 Å². The molecule has 0 unspecified atom stereocenters. The van der Waals surface area contributed by atoms with Crippen LogP contribution in [0.3, 0.4) is 0 Å². The summed E-state index contributed by atoms with van der Waals surface area (Å²) in [4.78, 5) is 24.8. The molecule has 4 aromatic rings. The quantitative estimate of drug-likeness (QED) is 0.576. The summed E-state index contributed by atoms with van der Waals surface area (Å²) in [6.07, 6.45) is 1.95. The van der Waals surface area contributed by atoms with Crippen molar-refractivity contribution in [1.29, 1.82) is 0 Å². The molecule has 114 valence electrons. The molecule has 4 nitrogen and oxygen atoms in total. The molecule has 4 heterocycles. The lowest BCUT2D eigenvalue weighted by molar-refractivity contribution is 1.13. The van der Waals surface area contributed by atoms with Crippen LogP contribution in [0.25, 0.3) is 32.4 Å². The van der Waals surface area contributed by atoms with Crippen LogP contribution in [-0.2, 0) is 0 Å². The molecule has 4 aromatic heterocycles. The number of hydrogen-bond acceptors (Lipinski definition) is 6. The van der Waals surface area contributed by atoms with E-state index in [1.165, 1.54) is 11.3 Å². The minimum absolute atomic E-state index is 0.101. The molecule has 0 aliphatic rings. The molecule has 0 bridgehead atoms. The van der Waals surface area contributed by atoms with E-state index in [0.29, 0.717) is 11.2 Å². The molecule has 0 aromatic carbocycles. The maximum Gasteiger partial charge on any atom is 0.259 e. The van der Waals surface area contributed by atoms with Gasteiger partial charge in [-0.25, -0.2) is 9.97 Å². The van der Waals surface area contributed by atoms with E-state index >= 15 is 0 Å². The molecular formula is C16H11N3OS3. The Bertz CT molecular complexity index is 1050. The predicted octanol–water partition coefficient (Wildman–Crippen LogP) is 4.73. The van der Waals surface area contributed by atoms with Gasteiger partial charge in [0.2, 0.25) is 0 Å². The molecule has 0 atom stereocenters. The Morgan fingerprint density at radius 3 is 2.91 bits per heavy atom. The summed E-state index contributed by atoms with van der Waals surface area (Å²) in [5.41, 5.74) is 2.81. The highest BCUT2D eigenvalue weighted by Gasteiger charge is 2.08. The van der Waals surface area contributed by atoms with E-state index in [9.17, 15) is 4.79 Å². The number of nitrogens with one attached hydrogen (secondary N) is 1. The number of thiazole rings is 1. The number of rotatable bonds is 3. The summed E-state index contributed by atoms with van der Waals surface area (Å²) in [6, 6.07) is 3.86. The number of nitrogens with zero attached hydrogens (tertiary/aromatic N) is 2. The van der Waals surface area contributed by atoms with Crippen molar-refractivity contribution in [2.75, 3.05) is 0 Å². The number of fused-ring (bicyclic) bond motifs is 1. The lowest BCUT2D eigenvalue weighted by atomic mass is 10.2. The molecule has 0 aliphatic heterocycles. The second kappa shape index (κ2) is 5.84. The molecule has 23 heavy (non-hydrogen) atoms. The fourth-order valence-electron chi connectivity index (χ4n) is 2.21. The fraction of sp³-hybridized carbons (Fsp3) is 0.0625. The van der Waals surface area contributed by atoms with E-state index in [4.69, 9.17) is 0 Å². The van der Waals surface area contributed by atoms with Crippen molar-refractivity contribution in [1.82, 2.24) is 15.0 Å². The SMILES string of the molecule is C/C(=C\c1csc(-c2ccsc2)n1)c1nc2sccc2c(=O)[nH]1. The van der Waals surface area contributed by atoms with E-state index in [0.717, 1.165) is 26.7 Å². The zero-order valence-corrected chi connectivity index (χ0v) is 14.5. The van der Waals surface area contributed by atoms with Crippen LogP contribution in [0.2, 0.25) is 0 Å². The number of hydrogen-bond donors (Lipinski definition) is 1. The topological polar surface area (TPSA) is 58.6 Å². The molecule has 7 heteroatoms. The first-order valence-electron chi connectivity index (χ1n) is 6.85. The Labute approximate surface area is 143 Å². The van der Waals surface area contributed by atoms with Gasteiger partial charge >= 0.3 is 0 Å². The molecule has 0 saturated heterocycles. The highest BCUT2D eigenvalue weighted by molar-refractivity contribution is 7.16. The van der Waals surface area contributed by atoms with Crippen molar-refractivity contribution in [3.05, 3.63) is 55.5 Å². The number of aromatic amines is 1. The third-order valence-electron chi connectivity index (χ3n) is 3.36. The van der Waals surface area contributed by atoms with Crippen LogP contribution in [0.4, 0.5) is 0 Å². The van der Waals surface area contributed by atoms with Crippen molar-refractivity contribution in [3.63, 3.8) is 0 Å². The first kappa shape index (κ1) is 14.5. The summed E-state index contributed by atoms with van der Waals surface area (Å²) in [5.74, 6) is 0.593. The molecule has 0 amide bonds. The Morgan fingerprint density at radius 1 is 1.17 bits per heavy atom. The lowest BCUT2D eigenvalue weighted by Gasteiger charge is -2.00. The molecule has 0 aliphatic carbocycles. The summed E-state index contributed by atoms with van der Waals surface area (Å²) >= 11 is 4.74. The van der Waals surface area contributed by atoms with Crippen LogP contribution in [0.1, 0.15) is 18.4 Å². The van der Waals surface area contributed by atoms with Crippen LogP contribution in [0, 0.1) is 0 Å². The van der Waals surface area contributed by atoms with Gasteiger partial charge in [0.25, 0.3) is 5.56 Å². The Hall–Kier alpha value is -2.09. The first-order valence-corrected chi connectivity index (χ1v) is 9.55. The van der Waals surface area contributed by atoms with Gasteiger partial charge in [-0.3, -0.25) is 4.79 Å². The van der Waals surface area contributed by atoms with E-state index in [1.54, 1.807) is 28.7 Å². The highest BCUT2D eigenvalue weighted by atomic mass is 32.1. The second-order valence-corrected chi connectivity index (χ2v) is 7.50. The van der Waals surface area contributed by atoms with Crippen molar-refractivity contribution in [3.8, 4) is 10.6 Å².